The highest BCUT2D eigenvalue weighted by atomic mass is 16.6. The van der Waals surface area contributed by atoms with Crippen LogP contribution in [0.5, 0.6) is 0 Å². The van der Waals surface area contributed by atoms with Crippen LogP contribution >= 0.6 is 0 Å². The summed E-state index contributed by atoms with van der Waals surface area (Å²) in [7, 11) is 0. The Balaban J connectivity index is 2.35. The summed E-state index contributed by atoms with van der Waals surface area (Å²) < 4.78 is 10.9. The summed E-state index contributed by atoms with van der Waals surface area (Å²) in [5, 5.41) is 10.8. The van der Waals surface area contributed by atoms with Crippen LogP contribution in [0.2, 0.25) is 0 Å². The number of hydrogen-bond acceptors (Lipinski definition) is 5. The lowest BCUT2D eigenvalue weighted by molar-refractivity contribution is -0.144. The first kappa shape index (κ1) is 21.2. The summed E-state index contributed by atoms with van der Waals surface area (Å²) >= 11 is 0. The van der Waals surface area contributed by atoms with Gasteiger partial charge in [-0.1, -0.05) is 29.4 Å². The average Bonchev–Trinajstić information content (AvgIpc) is 2.79. The van der Waals surface area contributed by atoms with E-state index in [1.54, 1.807) is 0 Å². The largest absolute Gasteiger partial charge is 0.458 e. The van der Waals surface area contributed by atoms with E-state index in [1.807, 2.05) is 32.9 Å². The third kappa shape index (κ3) is 5.93. The van der Waals surface area contributed by atoms with Crippen LogP contribution in [0.3, 0.4) is 0 Å². The van der Waals surface area contributed by atoms with Crippen molar-refractivity contribution in [2.24, 2.45) is 5.92 Å². The molecule has 1 saturated heterocycles. The minimum Gasteiger partial charge on any atom is -0.458 e. The highest BCUT2D eigenvalue weighted by Gasteiger charge is 2.41. The minimum absolute atomic E-state index is 0.309. The molecular formula is C22H30O5. The zero-order valence-corrected chi connectivity index (χ0v) is 16.7. The molecule has 5 nitrogen and oxygen atoms in total. The zero-order chi connectivity index (χ0) is 20.1. The molecule has 4 atom stereocenters. The first-order valence-electron chi connectivity index (χ1n) is 9.42. The van der Waals surface area contributed by atoms with Crippen molar-refractivity contribution in [1.29, 1.82) is 0 Å². The average molecular weight is 374 g/mol. The van der Waals surface area contributed by atoms with Gasteiger partial charge in [0.05, 0.1) is 12.0 Å². The standard InChI is InChI=1S/C22H30O5/c1-13-7-6-8-14(2)12-20-21(16(4)22(25)27-20)19(24)11-15(3)10-18(9-13)26-17(5)23/h7,10,12,18-21,24H,4,6,8-9,11H2,1-3,5H3/b13-7+,14-12+,15-10+/t18-,19-,20-,21-/m0/s1. The van der Waals surface area contributed by atoms with Crippen molar-refractivity contribution < 1.29 is 24.2 Å². The molecule has 148 valence electrons. The third-order valence-electron chi connectivity index (χ3n) is 5.00. The monoisotopic (exact) mass is 374 g/mol. The van der Waals surface area contributed by atoms with E-state index in [0.717, 1.165) is 29.6 Å². The second kappa shape index (κ2) is 9.18. The van der Waals surface area contributed by atoms with Gasteiger partial charge >= 0.3 is 11.9 Å². The van der Waals surface area contributed by atoms with E-state index in [0.29, 0.717) is 18.4 Å². The van der Waals surface area contributed by atoms with E-state index >= 15 is 0 Å². The summed E-state index contributed by atoms with van der Waals surface area (Å²) in [6.07, 6.45) is 6.94. The van der Waals surface area contributed by atoms with Crippen LogP contribution < -0.4 is 0 Å². The molecule has 0 aromatic rings. The van der Waals surface area contributed by atoms with Gasteiger partial charge in [-0.05, 0) is 52.2 Å². The molecule has 2 aliphatic rings. The molecule has 0 spiro atoms. The molecule has 0 aromatic heterocycles. The van der Waals surface area contributed by atoms with Gasteiger partial charge in [0.2, 0.25) is 0 Å². The number of aliphatic hydroxyl groups is 1. The second-order valence-corrected chi connectivity index (χ2v) is 7.66. The molecule has 1 N–H and O–H groups in total. The summed E-state index contributed by atoms with van der Waals surface area (Å²) in [6.45, 7) is 11.1. The van der Waals surface area contributed by atoms with Gasteiger partial charge in [-0.2, -0.15) is 0 Å². The van der Waals surface area contributed by atoms with Crippen molar-refractivity contribution >= 4 is 11.9 Å². The van der Waals surface area contributed by atoms with Crippen molar-refractivity contribution in [1.82, 2.24) is 0 Å². The smallest absolute Gasteiger partial charge is 0.334 e. The maximum absolute atomic E-state index is 12.0. The number of aliphatic hydroxyl groups excluding tert-OH is 1. The van der Waals surface area contributed by atoms with Crippen LogP contribution in [0, 0.1) is 5.92 Å². The number of fused-ring (bicyclic) bond motifs is 1. The third-order valence-corrected chi connectivity index (χ3v) is 5.00. The summed E-state index contributed by atoms with van der Waals surface area (Å²) in [6, 6.07) is 0. The van der Waals surface area contributed by atoms with E-state index in [-0.39, 0.29) is 12.1 Å². The van der Waals surface area contributed by atoms with Crippen LogP contribution in [-0.2, 0) is 19.1 Å². The maximum atomic E-state index is 12.0. The van der Waals surface area contributed by atoms with Crippen molar-refractivity contribution in [3.63, 3.8) is 0 Å². The van der Waals surface area contributed by atoms with Crippen molar-refractivity contribution in [3.05, 3.63) is 47.1 Å². The van der Waals surface area contributed by atoms with Gasteiger partial charge in [0.25, 0.3) is 0 Å². The fourth-order valence-corrected chi connectivity index (χ4v) is 3.70. The zero-order valence-electron chi connectivity index (χ0n) is 16.7. The quantitative estimate of drug-likeness (QED) is 0.429. The van der Waals surface area contributed by atoms with Crippen LogP contribution in [0.4, 0.5) is 0 Å². The van der Waals surface area contributed by atoms with Crippen molar-refractivity contribution in [3.8, 4) is 0 Å². The molecule has 1 fully saturated rings. The van der Waals surface area contributed by atoms with E-state index < -0.39 is 24.1 Å². The van der Waals surface area contributed by atoms with Gasteiger partial charge in [0, 0.05) is 18.9 Å². The number of rotatable bonds is 1. The number of allylic oxidation sites excluding steroid dienone is 2. The summed E-state index contributed by atoms with van der Waals surface area (Å²) in [4.78, 5) is 23.4. The molecule has 1 aliphatic carbocycles. The SMILES string of the molecule is C=C1C(=O)O[C@H]2/C=C(\C)CC/C=C(\C)C[C@H](OC(C)=O)/C=C(\C)C[C@H](O)[C@H]12. The first-order chi connectivity index (χ1) is 12.7. The molecule has 0 bridgehead atoms. The summed E-state index contributed by atoms with van der Waals surface area (Å²) in [5.41, 5.74) is 3.45. The van der Waals surface area contributed by atoms with E-state index in [9.17, 15) is 14.7 Å². The molecule has 0 aromatic carbocycles. The number of carbonyl (C=O) groups is 2. The number of carbonyl (C=O) groups excluding carboxylic acids is 2. The topological polar surface area (TPSA) is 72.8 Å². The molecule has 2 rings (SSSR count). The fourth-order valence-electron chi connectivity index (χ4n) is 3.70. The van der Waals surface area contributed by atoms with Crippen LogP contribution in [0.1, 0.15) is 53.4 Å². The van der Waals surface area contributed by atoms with Gasteiger partial charge in [0.1, 0.15) is 12.2 Å². The Bertz CT molecular complexity index is 697. The maximum Gasteiger partial charge on any atom is 0.334 e. The second-order valence-electron chi connectivity index (χ2n) is 7.66. The Morgan fingerprint density at radius 2 is 1.89 bits per heavy atom. The fraction of sp³-hybridized carbons (Fsp3) is 0.545. The predicted octanol–water partition coefficient (Wildman–Crippen LogP) is 3.79. The lowest BCUT2D eigenvalue weighted by Gasteiger charge is -2.23. The lowest BCUT2D eigenvalue weighted by Crippen LogP contribution is -2.29. The molecule has 1 aliphatic heterocycles. The Morgan fingerprint density at radius 3 is 2.56 bits per heavy atom. The molecule has 5 heteroatoms. The Labute approximate surface area is 161 Å². The Morgan fingerprint density at radius 1 is 1.19 bits per heavy atom. The number of esters is 2. The van der Waals surface area contributed by atoms with Gasteiger partial charge in [-0.3, -0.25) is 4.79 Å². The molecule has 0 saturated carbocycles. The molecule has 1 heterocycles. The Hall–Kier alpha value is -2.14. The molecular weight excluding hydrogens is 344 g/mol. The highest BCUT2D eigenvalue weighted by molar-refractivity contribution is 5.91. The van der Waals surface area contributed by atoms with E-state index in [2.05, 4.69) is 12.7 Å². The molecule has 0 unspecified atom stereocenters. The number of hydrogen-bond donors (Lipinski definition) is 1. The normalized spacial score (nSPS) is 36.1. The lowest BCUT2D eigenvalue weighted by atomic mass is 9.86. The minimum atomic E-state index is -0.799. The first-order valence-corrected chi connectivity index (χ1v) is 9.42. The molecule has 0 radical (unpaired) electrons. The van der Waals surface area contributed by atoms with Crippen molar-refractivity contribution in [2.75, 3.05) is 0 Å². The van der Waals surface area contributed by atoms with Crippen LogP contribution in [-0.4, -0.2) is 35.4 Å². The highest BCUT2D eigenvalue weighted by Crippen LogP contribution is 2.34. The molecule has 27 heavy (non-hydrogen) atoms. The summed E-state index contributed by atoms with van der Waals surface area (Å²) in [5.74, 6) is -1.25. The van der Waals surface area contributed by atoms with E-state index in [1.165, 1.54) is 6.92 Å². The molecule has 0 amide bonds. The van der Waals surface area contributed by atoms with Crippen LogP contribution in [0.15, 0.2) is 47.1 Å². The van der Waals surface area contributed by atoms with Gasteiger partial charge in [0.15, 0.2) is 0 Å². The predicted molar refractivity (Wildman–Crippen MR) is 104 cm³/mol. The van der Waals surface area contributed by atoms with Gasteiger partial charge in [-0.25, -0.2) is 4.79 Å². The van der Waals surface area contributed by atoms with Crippen LogP contribution in [0.25, 0.3) is 0 Å². The number of ether oxygens (including phenoxy) is 2. The Kier molecular flexibility index (Phi) is 7.19. The van der Waals surface area contributed by atoms with Gasteiger partial charge < -0.3 is 14.6 Å². The van der Waals surface area contributed by atoms with Gasteiger partial charge in [-0.15, -0.1) is 0 Å². The van der Waals surface area contributed by atoms with Crippen molar-refractivity contribution in [2.45, 2.75) is 71.7 Å². The van der Waals surface area contributed by atoms with E-state index in [4.69, 9.17) is 9.47 Å².